The lowest BCUT2D eigenvalue weighted by atomic mass is 10.2. The number of halogens is 2. The van der Waals surface area contributed by atoms with Crippen molar-refractivity contribution in [1.29, 1.82) is 0 Å². The van der Waals surface area contributed by atoms with Crippen molar-refractivity contribution >= 4 is 46.6 Å². The molecule has 1 aliphatic rings. The van der Waals surface area contributed by atoms with Crippen molar-refractivity contribution in [2.45, 2.75) is 13.3 Å². The summed E-state index contributed by atoms with van der Waals surface area (Å²) in [5.74, 6) is -0.734. The Kier molecular flexibility index (Phi) is 5.85. The van der Waals surface area contributed by atoms with Gasteiger partial charge in [0.05, 0.1) is 10.7 Å². The third-order valence-electron chi connectivity index (χ3n) is 3.59. The summed E-state index contributed by atoms with van der Waals surface area (Å²) >= 11 is 11.8. The molecule has 23 heavy (non-hydrogen) atoms. The molecule has 1 aromatic carbocycles. The van der Waals surface area contributed by atoms with Crippen LogP contribution in [0.5, 0.6) is 0 Å². The minimum atomic E-state index is -0.451. The Balaban J connectivity index is 1.87. The Hall–Kier alpha value is -1.79. The van der Waals surface area contributed by atoms with Gasteiger partial charge in [-0.3, -0.25) is 14.4 Å². The Labute approximate surface area is 144 Å². The summed E-state index contributed by atoms with van der Waals surface area (Å²) in [5, 5.41) is 3.37. The topological polar surface area (TPSA) is 69.7 Å². The number of carbonyl (C=O) groups is 3. The van der Waals surface area contributed by atoms with E-state index in [1.54, 1.807) is 21.9 Å². The SMILES string of the molecule is CC(=O)N1CCN(C(=O)CC(=O)Nc2cc(Cl)ccc2Cl)CC1. The first-order valence-electron chi connectivity index (χ1n) is 7.15. The monoisotopic (exact) mass is 357 g/mol. The minimum Gasteiger partial charge on any atom is -0.339 e. The minimum absolute atomic E-state index is 0.00885. The molecule has 8 heteroatoms. The molecule has 0 radical (unpaired) electrons. The first-order valence-corrected chi connectivity index (χ1v) is 7.90. The van der Waals surface area contributed by atoms with E-state index in [9.17, 15) is 14.4 Å². The van der Waals surface area contributed by atoms with Crippen molar-refractivity contribution in [3.8, 4) is 0 Å². The molecule has 3 amide bonds. The van der Waals surface area contributed by atoms with Gasteiger partial charge in [0.1, 0.15) is 6.42 Å². The van der Waals surface area contributed by atoms with Crippen LogP contribution >= 0.6 is 23.2 Å². The molecule has 1 heterocycles. The van der Waals surface area contributed by atoms with Crippen LogP contribution in [0.25, 0.3) is 0 Å². The fourth-order valence-electron chi connectivity index (χ4n) is 2.31. The summed E-state index contributed by atoms with van der Waals surface area (Å²) in [6.07, 6.45) is -0.275. The largest absolute Gasteiger partial charge is 0.339 e. The maximum atomic E-state index is 12.1. The summed E-state index contributed by atoms with van der Waals surface area (Å²) < 4.78 is 0. The molecule has 124 valence electrons. The van der Waals surface area contributed by atoms with Gasteiger partial charge in [-0.25, -0.2) is 0 Å². The quantitative estimate of drug-likeness (QED) is 0.841. The molecule has 0 spiro atoms. The number of carbonyl (C=O) groups excluding carboxylic acids is 3. The number of nitrogens with one attached hydrogen (secondary N) is 1. The van der Waals surface area contributed by atoms with E-state index < -0.39 is 5.91 Å². The number of nitrogens with zero attached hydrogens (tertiary/aromatic N) is 2. The molecule has 0 saturated carbocycles. The van der Waals surface area contributed by atoms with E-state index in [2.05, 4.69) is 5.32 Å². The lowest BCUT2D eigenvalue weighted by Gasteiger charge is -2.34. The maximum absolute atomic E-state index is 12.1. The fraction of sp³-hybridized carbons (Fsp3) is 0.400. The lowest BCUT2D eigenvalue weighted by molar-refractivity contribution is -0.140. The smallest absolute Gasteiger partial charge is 0.233 e. The predicted molar refractivity (Wildman–Crippen MR) is 88.5 cm³/mol. The summed E-state index contributed by atoms with van der Waals surface area (Å²) in [5.41, 5.74) is 0.373. The molecule has 1 fully saturated rings. The summed E-state index contributed by atoms with van der Waals surface area (Å²) in [6.45, 7) is 3.35. The van der Waals surface area contributed by atoms with E-state index in [-0.39, 0.29) is 18.2 Å². The highest BCUT2D eigenvalue weighted by molar-refractivity contribution is 6.35. The van der Waals surface area contributed by atoms with Gasteiger partial charge in [-0.15, -0.1) is 0 Å². The molecule has 0 atom stereocenters. The fourth-order valence-corrected chi connectivity index (χ4v) is 2.64. The van der Waals surface area contributed by atoms with Crippen LogP contribution in [0.1, 0.15) is 13.3 Å². The molecule has 0 unspecified atom stereocenters. The first-order chi connectivity index (χ1) is 10.9. The van der Waals surface area contributed by atoms with E-state index in [0.717, 1.165) is 0 Å². The van der Waals surface area contributed by atoms with Crippen molar-refractivity contribution in [3.05, 3.63) is 28.2 Å². The second-order valence-corrected chi connectivity index (χ2v) is 6.08. The predicted octanol–water partition coefficient (Wildman–Crippen LogP) is 2.01. The van der Waals surface area contributed by atoms with Crippen LogP contribution in [0.4, 0.5) is 5.69 Å². The van der Waals surface area contributed by atoms with Crippen LogP contribution in [0.15, 0.2) is 18.2 Å². The molecule has 0 aliphatic carbocycles. The molecule has 0 aromatic heterocycles. The summed E-state index contributed by atoms with van der Waals surface area (Å²) in [4.78, 5) is 38.6. The van der Waals surface area contributed by atoms with Gasteiger partial charge in [-0.05, 0) is 18.2 Å². The normalized spacial score (nSPS) is 14.6. The first kappa shape index (κ1) is 17.6. The van der Waals surface area contributed by atoms with Crippen molar-refractivity contribution in [2.75, 3.05) is 31.5 Å². The van der Waals surface area contributed by atoms with Gasteiger partial charge >= 0.3 is 0 Å². The van der Waals surface area contributed by atoms with Gasteiger partial charge in [0.2, 0.25) is 17.7 Å². The molecule has 1 aromatic rings. The number of hydrogen-bond donors (Lipinski definition) is 1. The Bertz CT molecular complexity index is 628. The molecule has 6 nitrogen and oxygen atoms in total. The van der Waals surface area contributed by atoms with Crippen molar-refractivity contribution < 1.29 is 14.4 Å². The second-order valence-electron chi connectivity index (χ2n) is 5.24. The van der Waals surface area contributed by atoms with Crippen LogP contribution in [-0.4, -0.2) is 53.7 Å². The molecule has 1 aliphatic heterocycles. The number of anilines is 1. The Morgan fingerprint density at radius 1 is 1.09 bits per heavy atom. The van der Waals surface area contributed by atoms with Gasteiger partial charge in [0.15, 0.2) is 0 Å². The Morgan fingerprint density at radius 2 is 1.70 bits per heavy atom. The summed E-state index contributed by atoms with van der Waals surface area (Å²) in [6, 6.07) is 4.71. The van der Waals surface area contributed by atoms with E-state index >= 15 is 0 Å². The highest BCUT2D eigenvalue weighted by atomic mass is 35.5. The standard InChI is InChI=1S/C15H17Cl2N3O3/c1-10(21)19-4-6-20(7-5-19)15(23)9-14(22)18-13-8-11(16)2-3-12(13)17/h2-3,8H,4-7,9H2,1H3,(H,18,22). The molecular formula is C15H17Cl2N3O3. The third kappa shape index (κ3) is 4.84. The number of benzene rings is 1. The zero-order valence-corrected chi connectivity index (χ0v) is 14.2. The lowest BCUT2D eigenvalue weighted by Crippen LogP contribution is -2.50. The maximum Gasteiger partial charge on any atom is 0.233 e. The number of piperazine rings is 1. The molecular weight excluding hydrogens is 341 g/mol. The van der Waals surface area contributed by atoms with Gasteiger partial charge in [-0.2, -0.15) is 0 Å². The van der Waals surface area contributed by atoms with Crippen molar-refractivity contribution in [3.63, 3.8) is 0 Å². The van der Waals surface area contributed by atoms with Crippen molar-refractivity contribution in [2.24, 2.45) is 0 Å². The molecule has 1 N–H and O–H groups in total. The third-order valence-corrected chi connectivity index (χ3v) is 4.16. The van der Waals surface area contributed by atoms with Crippen LogP contribution in [0, 0.1) is 0 Å². The average Bonchev–Trinajstić information content (AvgIpc) is 2.51. The summed E-state index contributed by atoms with van der Waals surface area (Å²) in [7, 11) is 0. The molecule has 0 bridgehead atoms. The number of hydrogen-bond acceptors (Lipinski definition) is 3. The zero-order chi connectivity index (χ0) is 17.0. The second kappa shape index (κ2) is 7.66. The van der Waals surface area contributed by atoms with E-state index in [1.807, 2.05) is 0 Å². The highest BCUT2D eigenvalue weighted by Gasteiger charge is 2.23. The van der Waals surface area contributed by atoms with E-state index in [0.29, 0.717) is 41.9 Å². The van der Waals surface area contributed by atoms with Crippen molar-refractivity contribution in [1.82, 2.24) is 9.80 Å². The molecule has 1 saturated heterocycles. The number of amides is 3. The highest BCUT2D eigenvalue weighted by Crippen LogP contribution is 2.25. The van der Waals surface area contributed by atoms with Gasteiger partial charge in [0.25, 0.3) is 0 Å². The van der Waals surface area contributed by atoms with Crippen LogP contribution < -0.4 is 5.32 Å². The van der Waals surface area contributed by atoms with Crippen LogP contribution in [-0.2, 0) is 14.4 Å². The molecule has 2 rings (SSSR count). The van der Waals surface area contributed by atoms with Gasteiger partial charge < -0.3 is 15.1 Å². The average molecular weight is 358 g/mol. The van der Waals surface area contributed by atoms with Crippen LogP contribution in [0.2, 0.25) is 10.0 Å². The number of rotatable bonds is 3. The van der Waals surface area contributed by atoms with E-state index in [1.165, 1.54) is 13.0 Å². The Morgan fingerprint density at radius 3 is 2.30 bits per heavy atom. The van der Waals surface area contributed by atoms with Gasteiger partial charge in [-0.1, -0.05) is 23.2 Å². The van der Waals surface area contributed by atoms with Gasteiger partial charge in [0, 0.05) is 38.1 Å². The van der Waals surface area contributed by atoms with Crippen LogP contribution in [0.3, 0.4) is 0 Å². The zero-order valence-electron chi connectivity index (χ0n) is 12.6. The van der Waals surface area contributed by atoms with E-state index in [4.69, 9.17) is 23.2 Å².